The zero-order valence-electron chi connectivity index (χ0n) is 32.7. The van der Waals surface area contributed by atoms with Crippen LogP contribution in [0.5, 0.6) is 0 Å². The highest BCUT2D eigenvalue weighted by Crippen LogP contribution is 2.51. The van der Waals surface area contributed by atoms with Crippen LogP contribution in [-0.4, -0.2) is 0 Å². The van der Waals surface area contributed by atoms with Crippen LogP contribution in [0.2, 0.25) is 0 Å². The van der Waals surface area contributed by atoms with E-state index in [1.165, 1.54) is 90.7 Å². The average molecular weight is 782 g/mol. The lowest BCUT2D eigenvalue weighted by molar-refractivity contribution is 0.669. The van der Waals surface area contributed by atoms with Gasteiger partial charge in [-0.15, -0.1) is 11.3 Å². The fourth-order valence-corrected chi connectivity index (χ4v) is 11.2. The van der Waals surface area contributed by atoms with Crippen molar-refractivity contribution < 1.29 is 4.42 Å². The summed E-state index contributed by atoms with van der Waals surface area (Å²) in [5.74, 6) is 0. The smallest absolute Gasteiger partial charge is 0.159 e. The Morgan fingerprint density at radius 3 is 1.57 bits per heavy atom. The number of aryl methyl sites for hydroxylation is 1. The van der Waals surface area contributed by atoms with Gasteiger partial charge in [-0.3, -0.25) is 0 Å². The number of anilines is 3. The van der Waals surface area contributed by atoms with Gasteiger partial charge in [0.2, 0.25) is 0 Å². The fourth-order valence-electron chi connectivity index (χ4n) is 10.1. The summed E-state index contributed by atoms with van der Waals surface area (Å²) in [5, 5.41) is 17.5. The highest BCUT2D eigenvalue weighted by atomic mass is 32.1. The van der Waals surface area contributed by atoms with Gasteiger partial charge in [0, 0.05) is 47.4 Å². The number of rotatable bonds is 4. The Morgan fingerprint density at radius 1 is 0.367 bits per heavy atom. The molecule has 0 aliphatic heterocycles. The van der Waals surface area contributed by atoms with Crippen LogP contribution in [0.25, 0.3) is 107 Å². The van der Waals surface area contributed by atoms with Gasteiger partial charge in [0.05, 0.1) is 11.4 Å². The van der Waals surface area contributed by atoms with Crippen molar-refractivity contribution in [2.24, 2.45) is 0 Å². The molecule has 0 N–H and O–H groups in total. The maximum absolute atomic E-state index is 6.76. The summed E-state index contributed by atoms with van der Waals surface area (Å²) < 4.78 is 9.36. The SMILES string of the molecule is Cc1ccccc1N(c1c2ccccc2c(-c2ccc3c(c2)sc2cc4c5ccccc5c5ccccc5c4cc23)c2ccccc12)c1cccc2c1oc1ccccc12. The number of hydrogen-bond acceptors (Lipinski definition) is 3. The molecule has 2 heterocycles. The molecule has 3 heteroatoms. The van der Waals surface area contributed by atoms with Crippen molar-refractivity contribution in [1.82, 2.24) is 0 Å². The maximum atomic E-state index is 6.76. The van der Waals surface area contributed by atoms with E-state index in [4.69, 9.17) is 4.42 Å². The summed E-state index contributed by atoms with van der Waals surface area (Å²) in [6, 6.07) is 71.2. The predicted octanol–water partition coefficient (Wildman–Crippen LogP) is 17.2. The number of thiophene rings is 1. The van der Waals surface area contributed by atoms with Gasteiger partial charge in [-0.25, -0.2) is 0 Å². The Labute approximate surface area is 349 Å². The number of fused-ring (bicyclic) bond motifs is 14. The lowest BCUT2D eigenvalue weighted by Crippen LogP contribution is -2.13. The van der Waals surface area contributed by atoms with Gasteiger partial charge >= 0.3 is 0 Å². The first-order chi connectivity index (χ1) is 29.7. The number of hydrogen-bond donors (Lipinski definition) is 0. The monoisotopic (exact) mass is 781 g/mol. The second-order valence-corrected chi connectivity index (χ2v) is 17.1. The van der Waals surface area contributed by atoms with E-state index in [1.807, 2.05) is 17.4 Å². The topological polar surface area (TPSA) is 16.4 Å². The first kappa shape index (κ1) is 33.5. The van der Waals surface area contributed by atoms with E-state index in [1.54, 1.807) is 0 Å². The molecular weight excluding hydrogens is 747 g/mol. The summed E-state index contributed by atoms with van der Waals surface area (Å²) in [6.07, 6.45) is 0. The second kappa shape index (κ2) is 12.8. The molecule has 13 aromatic rings. The average Bonchev–Trinajstić information content (AvgIpc) is 3.87. The van der Waals surface area contributed by atoms with Crippen LogP contribution in [0, 0.1) is 6.92 Å². The van der Waals surface area contributed by atoms with Crippen molar-refractivity contribution in [3.63, 3.8) is 0 Å². The number of nitrogens with zero attached hydrogens (tertiary/aromatic N) is 1. The van der Waals surface area contributed by atoms with E-state index in [2.05, 4.69) is 200 Å². The van der Waals surface area contributed by atoms with Crippen molar-refractivity contribution in [3.05, 3.63) is 200 Å². The Kier molecular flexibility index (Phi) is 7.13. The molecule has 0 saturated heterocycles. The summed E-state index contributed by atoms with van der Waals surface area (Å²) in [4.78, 5) is 2.45. The summed E-state index contributed by atoms with van der Waals surface area (Å²) in [5.41, 5.74) is 8.69. The van der Waals surface area contributed by atoms with Gasteiger partial charge in [-0.05, 0) is 103 Å². The third-order valence-corrected chi connectivity index (χ3v) is 13.8. The van der Waals surface area contributed by atoms with Crippen molar-refractivity contribution in [2.45, 2.75) is 6.92 Å². The van der Waals surface area contributed by atoms with E-state index in [9.17, 15) is 0 Å². The molecule has 0 saturated carbocycles. The molecule has 0 fully saturated rings. The van der Waals surface area contributed by atoms with Crippen LogP contribution < -0.4 is 4.90 Å². The van der Waals surface area contributed by atoms with E-state index in [0.717, 1.165) is 39.0 Å². The Bertz CT molecular complexity index is 3870. The molecule has 60 heavy (non-hydrogen) atoms. The maximum Gasteiger partial charge on any atom is 0.159 e. The molecule has 0 aliphatic carbocycles. The van der Waals surface area contributed by atoms with Gasteiger partial charge in [0.25, 0.3) is 0 Å². The third kappa shape index (κ3) is 4.75. The van der Waals surface area contributed by atoms with Crippen molar-refractivity contribution in [2.75, 3.05) is 4.90 Å². The van der Waals surface area contributed by atoms with Gasteiger partial charge in [0.15, 0.2) is 5.58 Å². The number of furan rings is 1. The van der Waals surface area contributed by atoms with Crippen LogP contribution in [0.3, 0.4) is 0 Å². The molecule has 0 atom stereocenters. The van der Waals surface area contributed by atoms with Crippen molar-refractivity contribution in [3.8, 4) is 11.1 Å². The van der Waals surface area contributed by atoms with Crippen molar-refractivity contribution >= 4 is 124 Å². The Hall–Kier alpha value is -7.46. The summed E-state index contributed by atoms with van der Waals surface area (Å²) >= 11 is 1.90. The molecule has 0 amide bonds. The first-order valence-corrected chi connectivity index (χ1v) is 21.4. The molecule has 0 aliphatic rings. The molecule has 0 bridgehead atoms. The molecule has 13 rings (SSSR count). The number of para-hydroxylation sites is 3. The molecule has 0 spiro atoms. The first-order valence-electron chi connectivity index (χ1n) is 20.6. The lowest BCUT2D eigenvalue weighted by atomic mass is 9.89. The minimum atomic E-state index is 0.878. The Morgan fingerprint density at radius 2 is 0.883 bits per heavy atom. The zero-order chi connectivity index (χ0) is 39.5. The molecule has 0 unspecified atom stereocenters. The predicted molar refractivity (Wildman–Crippen MR) is 259 cm³/mol. The molecule has 0 radical (unpaired) electrons. The van der Waals surface area contributed by atoms with Gasteiger partial charge in [-0.2, -0.15) is 0 Å². The summed E-state index contributed by atoms with van der Waals surface area (Å²) in [6.45, 7) is 2.20. The normalized spacial score (nSPS) is 12.1. The number of benzene rings is 11. The minimum Gasteiger partial charge on any atom is -0.454 e. The molecular formula is C57H35NOS. The van der Waals surface area contributed by atoms with Crippen LogP contribution in [0.15, 0.2) is 199 Å². The Balaban J connectivity index is 1.08. The highest BCUT2D eigenvalue weighted by molar-refractivity contribution is 7.26. The molecule has 11 aromatic carbocycles. The fraction of sp³-hybridized carbons (Fsp3) is 0.0175. The second-order valence-electron chi connectivity index (χ2n) is 16.0. The minimum absolute atomic E-state index is 0.878. The largest absolute Gasteiger partial charge is 0.454 e. The van der Waals surface area contributed by atoms with E-state index >= 15 is 0 Å². The quantitative estimate of drug-likeness (QED) is 0.131. The van der Waals surface area contributed by atoms with Crippen LogP contribution in [0.1, 0.15) is 5.56 Å². The molecule has 2 nitrogen and oxygen atoms in total. The lowest BCUT2D eigenvalue weighted by Gasteiger charge is -2.30. The highest BCUT2D eigenvalue weighted by Gasteiger charge is 2.26. The van der Waals surface area contributed by atoms with Crippen LogP contribution >= 0.6 is 11.3 Å². The van der Waals surface area contributed by atoms with Gasteiger partial charge < -0.3 is 9.32 Å². The standard InChI is InChI=1S/C57H35NOS/c1-34-15-2-12-26-50(34)58(51-27-14-25-46-40-20-11-13-28-52(40)59-57(46)51)56-44-23-9-7-21-42(44)55(43-22-8-10-24-45(43)56)35-29-30-41-49-32-47-38-18-5-3-16-36(38)37-17-4-6-19-39(37)48(47)33-54(49)60-53(41)31-35/h2-33H,1H3. The van der Waals surface area contributed by atoms with Gasteiger partial charge in [0.1, 0.15) is 5.58 Å². The van der Waals surface area contributed by atoms with E-state index in [-0.39, 0.29) is 0 Å². The van der Waals surface area contributed by atoms with Crippen LogP contribution in [0.4, 0.5) is 17.1 Å². The molecule has 2 aromatic heterocycles. The summed E-state index contributed by atoms with van der Waals surface area (Å²) in [7, 11) is 0. The van der Waals surface area contributed by atoms with Gasteiger partial charge in [-0.1, -0.05) is 158 Å². The third-order valence-electron chi connectivity index (χ3n) is 12.7. The van der Waals surface area contributed by atoms with Crippen LogP contribution in [-0.2, 0) is 0 Å². The van der Waals surface area contributed by atoms with E-state index in [0.29, 0.717) is 0 Å². The molecule has 280 valence electrons. The van der Waals surface area contributed by atoms with E-state index < -0.39 is 0 Å². The van der Waals surface area contributed by atoms with Crippen molar-refractivity contribution in [1.29, 1.82) is 0 Å². The zero-order valence-corrected chi connectivity index (χ0v) is 33.6.